The molecule has 112 valence electrons. The first-order valence-corrected chi connectivity index (χ1v) is 7.18. The number of hydrogen-bond acceptors (Lipinski definition) is 5. The molecule has 0 fully saturated rings. The Kier molecular flexibility index (Phi) is 5.43. The average molecular weight is 308 g/mol. The van der Waals surface area contributed by atoms with Crippen molar-refractivity contribution in [3.8, 4) is 0 Å². The molecule has 5 nitrogen and oxygen atoms in total. The SMILES string of the molecule is COC(=O)OCCCC(F)(F)S(=O)(=O)c1ccccc1. The van der Waals surface area contributed by atoms with Crippen LogP contribution in [0.25, 0.3) is 0 Å². The van der Waals surface area contributed by atoms with Crippen LogP contribution in [-0.4, -0.2) is 33.5 Å². The fourth-order valence-electron chi connectivity index (χ4n) is 1.40. The molecule has 0 amide bonds. The second-order valence-electron chi connectivity index (χ2n) is 3.86. The molecular formula is C12H14F2O5S. The Labute approximate surface area is 115 Å². The molecular weight excluding hydrogens is 294 g/mol. The number of hydrogen-bond donors (Lipinski definition) is 0. The average Bonchev–Trinajstić information content (AvgIpc) is 2.44. The molecule has 0 saturated heterocycles. The molecule has 0 N–H and O–H groups in total. The number of carbonyl (C=O) groups excluding carboxylic acids is 1. The van der Waals surface area contributed by atoms with Crippen LogP contribution in [0.4, 0.5) is 13.6 Å². The molecule has 1 aromatic rings. The minimum absolute atomic E-state index is 0.297. The van der Waals surface area contributed by atoms with Gasteiger partial charge in [-0.2, -0.15) is 8.78 Å². The van der Waals surface area contributed by atoms with Gasteiger partial charge in [-0.3, -0.25) is 0 Å². The molecule has 0 heterocycles. The van der Waals surface area contributed by atoms with E-state index in [1.807, 2.05) is 0 Å². The largest absolute Gasteiger partial charge is 0.507 e. The highest BCUT2D eigenvalue weighted by Crippen LogP contribution is 2.32. The van der Waals surface area contributed by atoms with E-state index in [4.69, 9.17) is 0 Å². The summed E-state index contributed by atoms with van der Waals surface area (Å²) in [6.45, 7) is -0.341. The number of rotatable bonds is 6. The number of benzene rings is 1. The van der Waals surface area contributed by atoms with E-state index in [-0.39, 0.29) is 13.0 Å². The Morgan fingerprint density at radius 1 is 1.25 bits per heavy atom. The van der Waals surface area contributed by atoms with E-state index < -0.39 is 32.6 Å². The summed E-state index contributed by atoms with van der Waals surface area (Å²) in [4.78, 5) is 10.2. The molecule has 8 heteroatoms. The molecule has 0 aliphatic carbocycles. The third-order valence-corrected chi connectivity index (χ3v) is 4.33. The van der Waals surface area contributed by atoms with Gasteiger partial charge in [-0.25, -0.2) is 13.2 Å². The van der Waals surface area contributed by atoms with E-state index in [0.29, 0.717) is 0 Å². The first-order chi connectivity index (χ1) is 9.31. The zero-order valence-corrected chi connectivity index (χ0v) is 11.5. The van der Waals surface area contributed by atoms with Gasteiger partial charge in [-0.1, -0.05) is 18.2 Å². The number of halogens is 2. The summed E-state index contributed by atoms with van der Waals surface area (Å²) in [5.74, 6) is 0. The first-order valence-electron chi connectivity index (χ1n) is 5.69. The second-order valence-corrected chi connectivity index (χ2v) is 5.94. The summed E-state index contributed by atoms with van der Waals surface area (Å²) in [5, 5.41) is -3.92. The number of ether oxygens (including phenoxy) is 2. The minimum Gasteiger partial charge on any atom is -0.438 e. The van der Waals surface area contributed by atoms with Crippen LogP contribution >= 0.6 is 0 Å². The van der Waals surface area contributed by atoms with E-state index in [1.54, 1.807) is 0 Å². The van der Waals surface area contributed by atoms with Crippen LogP contribution in [0, 0.1) is 0 Å². The van der Waals surface area contributed by atoms with Crippen molar-refractivity contribution in [1.29, 1.82) is 0 Å². The highest BCUT2D eigenvalue weighted by atomic mass is 32.2. The van der Waals surface area contributed by atoms with Gasteiger partial charge in [0.15, 0.2) is 0 Å². The third kappa shape index (κ3) is 3.89. The third-order valence-electron chi connectivity index (χ3n) is 2.45. The number of carbonyl (C=O) groups is 1. The van der Waals surface area contributed by atoms with Crippen LogP contribution < -0.4 is 0 Å². The summed E-state index contributed by atoms with van der Waals surface area (Å²) in [6, 6.07) is 6.47. The lowest BCUT2D eigenvalue weighted by Gasteiger charge is -2.16. The van der Waals surface area contributed by atoms with Gasteiger partial charge in [0, 0.05) is 6.42 Å². The summed E-state index contributed by atoms with van der Waals surface area (Å²) >= 11 is 0. The van der Waals surface area contributed by atoms with E-state index in [1.165, 1.54) is 18.2 Å². The van der Waals surface area contributed by atoms with Crippen molar-refractivity contribution in [2.24, 2.45) is 0 Å². The van der Waals surface area contributed by atoms with Crippen molar-refractivity contribution in [3.63, 3.8) is 0 Å². The predicted molar refractivity (Wildman–Crippen MR) is 66.2 cm³/mol. The molecule has 20 heavy (non-hydrogen) atoms. The lowest BCUT2D eigenvalue weighted by Crippen LogP contribution is -2.29. The molecule has 0 aliphatic rings. The highest BCUT2D eigenvalue weighted by molar-refractivity contribution is 7.92. The maximum atomic E-state index is 13.7. The molecule has 1 aromatic carbocycles. The van der Waals surface area contributed by atoms with Gasteiger partial charge in [0.25, 0.3) is 0 Å². The smallest absolute Gasteiger partial charge is 0.438 e. The fraction of sp³-hybridized carbons (Fsp3) is 0.417. The van der Waals surface area contributed by atoms with Gasteiger partial charge in [0.2, 0.25) is 9.84 Å². The molecule has 0 radical (unpaired) electrons. The molecule has 0 atom stereocenters. The number of sulfone groups is 1. The number of methoxy groups -OCH3 is 1. The topological polar surface area (TPSA) is 69.7 Å². The van der Waals surface area contributed by atoms with E-state index in [2.05, 4.69) is 9.47 Å². The molecule has 0 unspecified atom stereocenters. The number of alkyl halides is 2. The Bertz CT molecular complexity index is 542. The maximum absolute atomic E-state index is 13.7. The monoisotopic (exact) mass is 308 g/mol. The van der Waals surface area contributed by atoms with Crippen molar-refractivity contribution in [1.82, 2.24) is 0 Å². The summed E-state index contributed by atoms with van der Waals surface area (Å²) in [5.41, 5.74) is 0. The Balaban J connectivity index is 2.66. The van der Waals surface area contributed by atoms with Crippen molar-refractivity contribution in [3.05, 3.63) is 30.3 Å². The predicted octanol–water partition coefficient (Wildman–Crippen LogP) is 2.62. The first kappa shape index (κ1) is 16.4. The zero-order valence-electron chi connectivity index (χ0n) is 10.7. The van der Waals surface area contributed by atoms with Gasteiger partial charge in [0.1, 0.15) is 0 Å². The summed E-state index contributed by atoms with van der Waals surface area (Å²) in [6.07, 6.45) is -2.24. The van der Waals surface area contributed by atoms with Crippen molar-refractivity contribution in [2.75, 3.05) is 13.7 Å². The van der Waals surface area contributed by atoms with Gasteiger partial charge in [0.05, 0.1) is 18.6 Å². The molecule has 0 saturated carbocycles. The lowest BCUT2D eigenvalue weighted by molar-refractivity contribution is 0.0504. The van der Waals surface area contributed by atoms with Crippen LogP contribution in [0.3, 0.4) is 0 Å². The molecule has 0 bridgehead atoms. The standard InChI is InChI=1S/C12H14F2O5S/c1-18-11(15)19-9-5-8-12(13,14)20(16,17)10-6-3-2-4-7-10/h2-4,6-7H,5,8-9H2,1H3. The van der Waals surface area contributed by atoms with Gasteiger partial charge in [-0.15, -0.1) is 0 Å². The van der Waals surface area contributed by atoms with Crippen molar-refractivity contribution < 1.29 is 31.5 Å². The van der Waals surface area contributed by atoms with Crippen molar-refractivity contribution in [2.45, 2.75) is 23.0 Å². The lowest BCUT2D eigenvalue weighted by atomic mass is 10.3. The van der Waals surface area contributed by atoms with Crippen molar-refractivity contribution >= 4 is 16.0 Å². The van der Waals surface area contributed by atoms with Crippen LogP contribution in [0.1, 0.15) is 12.8 Å². The second kappa shape index (κ2) is 6.65. The van der Waals surface area contributed by atoms with Crippen LogP contribution in [0.5, 0.6) is 0 Å². The summed E-state index contributed by atoms with van der Waals surface area (Å²) in [7, 11) is -3.67. The molecule has 0 aliphatic heterocycles. The van der Waals surface area contributed by atoms with E-state index in [0.717, 1.165) is 19.2 Å². The molecule has 1 rings (SSSR count). The molecule has 0 aromatic heterocycles. The maximum Gasteiger partial charge on any atom is 0.507 e. The Morgan fingerprint density at radius 3 is 2.40 bits per heavy atom. The fourth-order valence-corrected chi connectivity index (χ4v) is 2.67. The van der Waals surface area contributed by atoms with E-state index in [9.17, 15) is 22.0 Å². The summed E-state index contributed by atoms with van der Waals surface area (Å²) < 4.78 is 59.5. The Hall–Kier alpha value is -1.70. The van der Waals surface area contributed by atoms with Gasteiger partial charge < -0.3 is 9.47 Å². The molecule has 0 spiro atoms. The van der Waals surface area contributed by atoms with Gasteiger partial charge in [-0.05, 0) is 18.6 Å². The van der Waals surface area contributed by atoms with Crippen LogP contribution in [0.2, 0.25) is 0 Å². The van der Waals surface area contributed by atoms with Crippen LogP contribution in [-0.2, 0) is 19.3 Å². The zero-order chi connectivity index (χ0) is 15.2. The highest BCUT2D eigenvalue weighted by Gasteiger charge is 2.45. The van der Waals surface area contributed by atoms with Crippen LogP contribution in [0.15, 0.2) is 35.2 Å². The van der Waals surface area contributed by atoms with E-state index >= 15 is 0 Å². The van der Waals surface area contributed by atoms with Gasteiger partial charge >= 0.3 is 11.4 Å². The normalized spacial score (nSPS) is 11.9. The quantitative estimate of drug-likeness (QED) is 0.597. The minimum atomic E-state index is -4.75. The Morgan fingerprint density at radius 2 is 1.85 bits per heavy atom.